The Morgan fingerprint density at radius 3 is 2.50 bits per heavy atom. The Hall–Kier alpha value is -0.0800. The second-order valence-electron chi connectivity index (χ2n) is 5.03. The molecule has 1 heterocycles. The zero-order chi connectivity index (χ0) is 10.6. The molecule has 1 saturated heterocycles. The number of rotatable bonds is 5. The molecule has 14 heavy (non-hydrogen) atoms. The molecule has 0 aromatic heterocycles. The van der Waals surface area contributed by atoms with E-state index in [9.17, 15) is 0 Å². The van der Waals surface area contributed by atoms with Gasteiger partial charge in [0, 0.05) is 19.1 Å². The molecule has 1 rings (SSSR count). The maximum Gasteiger partial charge on any atom is 0.00902 e. The van der Waals surface area contributed by atoms with E-state index in [0.717, 1.165) is 12.6 Å². The van der Waals surface area contributed by atoms with Crippen molar-refractivity contribution in [2.75, 3.05) is 26.7 Å². The highest BCUT2D eigenvalue weighted by molar-refractivity contribution is 4.90. The molecule has 0 amide bonds. The van der Waals surface area contributed by atoms with Gasteiger partial charge in [-0.1, -0.05) is 20.8 Å². The fraction of sp³-hybridized carbons (Fsp3) is 1.00. The third-order valence-corrected chi connectivity index (χ3v) is 3.65. The first-order chi connectivity index (χ1) is 6.65. The maximum absolute atomic E-state index is 3.32. The van der Waals surface area contributed by atoms with Crippen LogP contribution in [0.2, 0.25) is 0 Å². The van der Waals surface area contributed by atoms with Gasteiger partial charge in [-0.05, 0) is 38.3 Å². The van der Waals surface area contributed by atoms with E-state index in [-0.39, 0.29) is 0 Å². The summed E-state index contributed by atoms with van der Waals surface area (Å²) in [6.07, 6.45) is 3.95. The van der Waals surface area contributed by atoms with Crippen molar-refractivity contribution in [3.63, 3.8) is 0 Å². The molecule has 0 aliphatic carbocycles. The van der Waals surface area contributed by atoms with Gasteiger partial charge in [-0.15, -0.1) is 0 Å². The number of likely N-dealkylation sites (tertiary alicyclic amines) is 1. The third kappa shape index (κ3) is 2.71. The summed E-state index contributed by atoms with van der Waals surface area (Å²) in [6, 6.07) is 0.814. The molecule has 84 valence electrons. The lowest BCUT2D eigenvalue weighted by Gasteiger charge is -2.29. The Morgan fingerprint density at radius 2 is 2.00 bits per heavy atom. The highest BCUT2D eigenvalue weighted by atomic mass is 15.2. The van der Waals surface area contributed by atoms with Gasteiger partial charge in [0.25, 0.3) is 0 Å². The predicted molar refractivity (Wildman–Crippen MR) is 62.6 cm³/mol. The monoisotopic (exact) mass is 198 g/mol. The van der Waals surface area contributed by atoms with Gasteiger partial charge in [0.05, 0.1) is 0 Å². The molecule has 0 radical (unpaired) electrons. The molecule has 0 spiro atoms. The Morgan fingerprint density at radius 1 is 1.36 bits per heavy atom. The minimum absolute atomic E-state index is 0.511. The van der Waals surface area contributed by atoms with Gasteiger partial charge in [-0.25, -0.2) is 0 Å². The van der Waals surface area contributed by atoms with Crippen LogP contribution in [0.1, 0.15) is 40.0 Å². The normalized spacial score (nSPS) is 28.9. The lowest BCUT2D eigenvalue weighted by Crippen LogP contribution is -2.37. The summed E-state index contributed by atoms with van der Waals surface area (Å²) in [5, 5.41) is 3.32. The summed E-state index contributed by atoms with van der Waals surface area (Å²) in [4.78, 5) is 2.68. The maximum atomic E-state index is 3.32. The van der Waals surface area contributed by atoms with Crippen molar-refractivity contribution in [1.29, 1.82) is 0 Å². The molecule has 1 unspecified atom stereocenters. The van der Waals surface area contributed by atoms with Crippen LogP contribution in [0.5, 0.6) is 0 Å². The van der Waals surface area contributed by atoms with E-state index in [1.165, 1.54) is 32.4 Å². The summed E-state index contributed by atoms with van der Waals surface area (Å²) in [7, 11) is 2.06. The first-order valence-corrected chi connectivity index (χ1v) is 6.04. The van der Waals surface area contributed by atoms with Gasteiger partial charge in [0.15, 0.2) is 0 Å². The molecule has 1 fully saturated rings. The lowest BCUT2D eigenvalue weighted by molar-refractivity contribution is 0.199. The van der Waals surface area contributed by atoms with Gasteiger partial charge in [-0.2, -0.15) is 0 Å². The standard InChI is InChI=1S/C12H26N2/c1-5-11(6-2)14-8-7-12(3,10-14)9-13-4/h11,13H,5-10H2,1-4H3. The quantitative estimate of drug-likeness (QED) is 0.728. The molecule has 0 saturated carbocycles. The predicted octanol–water partition coefficient (Wildman–Crippen LogP) is 2.11. The highest BCUT2D eigenvalue weighted by Crippen LogP contribution is 2.31. The number of nitrogens with zero attached hydrogens (tertiary/aromatic N) is 1. The van der Waals surface area contributed by atoms with Crippen LogP contribution in [0.15, 0.2) is 0 Å². The van der Waals surface area contributed by atoms with Crippen molar-refractivity contribution in [2.24, 2.45) is 5.41 Å². The second kappa shape index (κ2) is 5.13. The summed E-state index contributed by atoms with van der Waals surface area (Å²) >= 11 is 0. The average molecular weight is 198 g/mol. The van der Waals surface area contributed by atoms with Gasteiger partial charge >= 0.3 is 0 Å². The summed E-state index contributed by atoms with van der Waals surface area (Å²) in [5.41, 5.74) is 0.511. The largest absolute Gasteiger partial charge is 0.319 e. The van der Waals surface area contributed by atoms with Crippen molar-refractivity contribution in [3.8, 4) is 0 Å². The zero-order valence-corrected chi connectivity index (χ0v) is 10.3. The fourth-order valence-corrected chi connectivity index (χ4v) is 2.75. The van der Waals surface area contributed by atoms with Crippen molar-refractivity contribution < 1.29 is 0 Å². The van der Waals surface area contributed by atoms with E-state index in [2.05, 4.69) is 38.0 Å². The first kappa shape index (κ1) is 12.0. The molecule has 0 aromatic rings. The summed E-state index contributed by atoms with van der Waals surface area (Å²) in [6.45, 7) is 10.8. The Labute approximate surface area is 89.1 Å². The molecule has 2 nitrogen and oxygen atoms in total. The van der Waals surface area contributed by atoms with Gasteiger partial charge < -0.3 is 5.32 Å². The van der Waals surface area contributed by atoms with Gasteiger partial charge in [-0.3, -0.25) is 4.90 Å². The van der Waals surface area contributed by atoms with Crippen LogP contribution in [0.25, 0.3) is 0 Å². The molecule has 1 N–H and O–H groups in total. The van der Waals surface area contributed by atoms with E-state index < -0.39 is 0 Å². The molecular formula is C12H26N2. The van der Waals surface area contributed by atoms with Crippen molar-refractivity contribution in [1.82, 2.24) is 10.2 Å². The van der Waals surface area contributed by atoms with Crippen LogP contribution < -0.4 is 5.32 Å². The molecule has 1 atom stereocenters. The number of hydrogen-bond donors (Lipinski definition) is 1. The van der Waals surface area contributed by atoms with Gasteiger partial charge in [0.2, 0.25) is 0 Å². The zero-order valence-electron chi connectivity index (χ0n) is 10.3. The van der Waals surface area contributed by atoms with E-state index >= 15 is 0 Å². The minimum Gasteiger partial charge on any atom is -0.319 e. The Kier molecular flexibility index (Phi) is 4.39. The second-order valence-corrected chi connectivity index (χ2v) is 5.03. The fourth-order valence-electron chi connectivity index (χ4n) is 2.75. The number of nitrogens with one attached hydrogen (secondary N) is 1. The first-order valence-electron chi connectivity index (χ1n) is 6.04. The molecule has 0 aromatic carbocycles. The third-order valence-electron chi connectivity index (χ3n) is 3.65. The minimum atomic E-state index is 0.511. The molecule has 1 aliphatic rings. The van der Waals surface area contributed by atoms with Crippen LogP contribution in [0.4, 0.5) is 0 Å². The Balaban J connectivity index is 2.46. The van der Waals surface area contributed by atoms with Crippen molar-refractivity contribution in [3.05, 3.63) is 0 Å². The SMILES string of the molecule is CCC(CC)N1CCC(C)(CNC)C1. The molecule has 0 bridgehead atoms. The van der Waals surface area contributed by atoms with Crippen LogP contribution in [0.3, 0.4) is 0 Å². The summed E-state index contributed by atoms with van der Waals surface area (Å²) < 4.78 is 0. The van der Waals surface area contributed by atoms with Crippen LogP contribution in [0, 0.1) is 5.41 Å². The van der Waals surface area contributed by atoms with Crippen LogP contribution in [-0.2, 0) is 0 Å². The number of hydrogen-bond acceptors (Lipinski definition) is 2. The van der Waals surface area contributed by atoms with E-state index in [4.69, 9.17) is 0 Å². The molecular weight excluding hydrogens is 172 g/mol. The Bertz CT molecular complexity index is 166. The summed E-state index contributed by atoms with van der Waals surface area (Å²) in [5.74, 6) is 0. The lowest BCUT2D eigenvalue weighted by atomic mass is 9.90. The van der Waals surface area contributed by atoms with Crippen molar-refractivity contribution in [2.45, 2.75) is 46.1 Å². The highest BCUT2D eigenvalue weighted by Gasteiger charge is 2.35. The van der Waals surface area contributed by atoms with Crippen LogP contribution in [-0.4, -0.2) is 37.6 Å². The molecule has 2 heteroatoms. The average Bonchev–Trinajstić information content (AvgIpc) is 2.51. The topological polar surface area (TPSA) is 15.3 Å². The molecule has 1 aliphatic heterocycles. The van der Waals surface area contributed by atoms with Gasteiger partial charge in [0.1, 0.15) is 0 Å². The van der Waals surface area contributed by atoms with E-state index in [1.807, 2.05) is 0 Å². The van der Waals surface area contributed by atoms with Crippen LogP contribution >= 0.6 is 0 Å². The van der Waals surface area contributed by atoms with E-state index in [1.54, 1.807) is 0 Å². The smallest absolute Gasteiger partial charge is 0.00902 e. The van der Waals surface area contributed by atoms with Crippen molar-refractivity contribution >= 4 is 0 Å². The van der Waals surface area contributed by atoms with E-state index in [0.29, 0.717) is 5.41 Å².